The van der Waals surface area contributed by atoms with Crippen molar-refractivity contribution < 1.29 is 4.39 Å². The molecular formula is C18H29FN2. The van der Waals surface area contributed by atoms with E-state index in [0.717, 1.165) is 12.8 Å². The van der Waals surface area contributed by atoms with Crippen LogP contribution in [-0.4, -0.2) is 19.1 Å². The second kappa shape index (κ2) is 5.28. The van der Waals surface area contributed by atoms with Gasteiger partial charge in [0.15, 0.2) is 0 Å². The minimum absolute atomic E-state index is 0.172. The Labute approximate surface area is 128 Å². The molecule has 118 valence electrons. The van der Waals surface area contributed by atoms with Gasteiger partial charge in [-0.25, -0.2) is 4.39 Å². The number of anilines is 1. The lowest BCUT2D eigenvalue weighted by Gasteiger charge is -2.56. The lowest BCUT2D eigenvalue weighted by molar-refractivity contribution is 0.0497. The minimum atomic E-state index is -0.187. The molecule has 0 unspecified atom stereocenters. The van der Waals surface area contributed by atoms with E-state index in [0.29, 0.717) is 12.2 Å². The average molecular weight is 292 g/mol. The van der Waals surface area contributed by atoms with Crippen molar-refractivity contribution in [3.05, 3.63) is 30.1 Å². The van der Waals surface area contributed by atoms with Crippen LogP contribution in [0.2, 0.25) is 0 Å². The van der Waals surface area contributed by atoms with Crippen molar-refractivity contribution in [1.29, 1.82) is 0 Å². The van der Waals surface area contributed by atoms with Gasteiger partial charge in [-0.15, -0.1) is 0 Å². The molecule has 0 heterocycles. The van der Waals surface area contributed by atoms with E-state index in [9.17, 15) is 4.39 Å². The number of likely N-dealkylation sites (N-methyl/N-ethyl adjacent to an activating group) is 1. The smallest absolute Gasteiger partial charge is 0.146 e. The van der Waals surface area contributed by atoms with Crippen LogP contribution >= 0.6 is 0 Å². The summed E-state index contributed by atoms with van der Waals surface area (Å²) in [6.07, 6.45) is 3.16. The molecule has 0 aromatic heterocycles. The zero-order valence-corrected chi connectivity index (χ0v) is 14.0. The maximum Gasteiger partial charge on any atom is 0.146 e. The van der Waals surface area contributed by atoms with Gasteiger partial charge in [0.25, 0.3) is 0 Å². The second-order valence-electron chi connectivity index (χ2n) is 8.30. The first-order valence-electron chi connectivity index (χ1n) is 7.79. The normalized spacial score (nSPS) is 22.8. The molecule has 3 heteroatoms. The molecule has 0 saturated heterocycles. The Hall–Kier alpha value is -1.09. The van der Waals surface area contributed by atoms with Crippen LogP contribution < -0.4 is 10.6 Å². The van der Waals surface area contributed by atoms with Crippen LogP contribution in [0.5, 0.6) is 0 Å². The zero-order valence-electron chi connectivity index (χ0n) is 14.0. The first-order chi connectivity index (χ1) is 9.61. The topological polar surface area (TPSA) is 29.3 Å². The molecule has 0 atom stereocenters. The molecular weight excluding hydrogens is 263 g/mol. The molecule has 1 saturated carbocycles. The SMILES string of the molecule is CN(c1ccccc1F)C1(CN)CC(C)(C)CC(C)(C)C1. The molecule has 0 aliphatic heterocycles. The molecule has 1 aromatic rings. The zero-order chi connectivity index (χ0) is 15.9. The van der Waals surface area contributed by atoms with Crippen LogP contribution in [0.4, 0.5) is 10.1 Å². The summed E-state index contributed by atoms with van der Waals surface area (Å²) >= 11 is 0. The molecule has 1 aromatic carbocycles. The Kier molecular flexibility index (Phi) is 4.09. The van der Waals surface area contributed by atoms with Crippen molar-refractivity contribution in [2.24, 2.45) is 16.6 Å². The molecule has 0 amide bonds. The highest BCUT2D eigenvalue weighted by Crippen LogP contribution is 2.52. The van der Waals surface area contributed by atoms with Crippen LogP contribution in [0.15, 0.2) is 24.3 Å². The average Bonchev–Trinajstić information content (AvgIpc) is 2.34. The van der Waals surface area contributed by atoms with Gasteiger partial charge >= 0.3 is 0 Å². The molecule has 2 nitrogen and oxygen atoms in total. The Morgan fingerprint density at radius 3 is 2.05 bits per heavy atom. The summed E-state index contributed by atoms with van der Waals surface area (Å²) in [4.78, 5) is 2.09. The Bertz CT molecular complexity index is 492. The third kappa shape index (κ3) is 3.23. The fourth-order valence-electron chi connectivity index (χ4n) is 4.76. The maximum atomic E-state index is 14.2. The molecule has 1 fully saturated rings. The van der Waals surface area contributed by atoms with Crippen LogP contribution in [0, 0.1) is 16.6 Å². The largest absolute Gasteiger partial charge is 0.365 e. The second-order valence-corrected chi connectivity index (χ2v) is 8.30. The van der Waals surface area contributed by atoms with E-state index in [1.807, 2.05) is 19.2 Å². The number of hydrogen-bond acceptors (Lipinski definition) is 2. The Morgan fingerprint density at radius 2 is 1.57 bits per heavy atom. The van der Waals surface area contributed by atoms with Crippen molar-refractivity contribution in [2.45, 2.75) is 52.5 Å². The van der Waals surface area contributed by atoms with Crippen LogP contribution in [-0.2, 0) is 0 Å². The van der Waals surface area contributed by atoms with Crippen molar-refractivity contribution in [3.63, 3.8) is 0 Å². The van der Waals surface area contributed by atoms with Gasteiger partial charge in [0.1, 0.15) is 5.82 Å². The van der Waals surface area contributed by atoms with E-state index in [-0.39, 0.29) is 22.2 Å². The predicted octanol–water partition coefficient (Wildman–Crippen LogP) is 4.20. The van der Waals surface area contributed by atoms with Crippen molar-refractivity contribution in [1.82, 2.24) is 0 Å². The van der Waals surface area contributed by atoms with Gasteiger partial charge in [-0.2, -0.15) is 0 Å². The minimum Gasteiger partial charge on any atom is -0.365 e. The van der Waals surface area contributed by atoms with Gasteiger partial charge in [-0.05, 0) is 42.2 Å². The first-order valence-corrected chi connectivity index (χ1v) is 7.79. The standard InChI is InChI=1S/C18H29FN2/c1-16(2)10-17(3,4)12-18(11-16,13-20)21(5)15-9-7-6-8-14(15)19/h6-9H,10-13,20H2,1-5H3. The van der Waals surface area contributed by atoms with E-state index in [1.165, 1.54) is 12.5 Å². The van der Waals surface area contributed by atoms with E-state index >= 15 is 0 Å². The molecule has 0 bridgehead atoms. The number of benzene rings is 1. The summed E-state index contributed by atoms with van der Waals surface area (Å²) in [5.74, 6) is -0.172. The molecule has 1 aliphatic rings. The van der Waals surface area contributed by atoms with Gasteiger partial charge in [-0.3, -0.25) is 0 Å². The first kappa shape index (κ1) is 16.3. The van der Waals surface area contributed by atoms with Crippen molar-refractivity contribution in [2.75, 3.05) is 18.5 Å². The predicted molar refractivity (Wildman–Crippen MR) is 88.0 cm³/mol. The summed E-state index contributed by atoms with van der Waals surface area (Å²) in [5, 5.41) is 0. The van der Waals surface area contributed by atoms with Crippen LogP contribution in [0.1, 0.15) is 47.0 Å². The monoisotopic (exact) mass is 292 g/mol. The number of rotatable bonds is 3. The molecule has 0 radical (unpaired) electrons. The number of hydrogen-bond donors (Lipinski definition) is 1. The fraction of sp³-hybridized carbons (Fsp3) is 0.667. The van der Waals surface area contributed by atoms with Gasteiger partial charge < -0.3 is 10.6 Å². The summed E-state index contributed by atoms with van der Waals surface area (Å²) in [5.41, 5.74) is 7.09. The summed E-state index contributed by atoms with van der Waals surface area (Å²) in [6.45, 7) is 9.74. The quantitative estimate of drug-likeness (QED) is 0.905. The Morgan fingerprint density at radius 1 is 1.05 bits per heavy atom. The third-order valence-corrected chi connectivity index (χ3v) is 4.88. The molecule has 1 aliphatic carbocycles. The number of nitrogens with two attached hydrogens (primary N) is 1. The fourth-order valence-corrected chi connectivity index (χ4v) is 4.76. The highest BCUT2D eigenvalue weighted by molar-refractivity contribution is 5.50. The molecule has 21 heavy (non-hydrogen) atoms. The van der Waals surface area contributed by atoms with E-state index in [1.54, 1.807) is 6.07 Å². The number of halogens is 1. The number of para-hydroxylation sites is 1. The summed E-state index contributed by atoms with van der Waals surface area (Å²) in [6, 6.07) is 6.99. The number of nitrogens with zero attached hydrogens (tertiary/aromatic N) is 1. The van der Waals surface area contributed by atoms with Gasteiger partial charge in [0, 0.05) is 13.6 Å². The van der Waals surface area contributed by atoms with Crippen LogP contribution in [0.3, 0.4) is 0 Å². The summed E-state index contributed by atoms with van der Waals surface area (Å²) < 4.78 is 14.2. The van der Waals surface area contributed by atoms with Crippen molar-refractivity contribution >= 4 is 5.69 Å². The van der Waals surface area contributed by atoms with Crippen molar-refractivity contribution in [3.8, 4) is 0 Å². The molecule has 0 spiro atoms. The highest BCUT2D eigenvalue weighted by Gasteiger charge is 2.49. The van der Waals surface area contributed by atoms with E-state index in [2.05, 4.69) is 32.6 Å². The van der Waals surface area contributed by atoms with E-state index < -0.39 is 0 Å². The Balaban J connectivity index is 2.43. The van der Waals surface area contributed by atoms with Crippen LogP contribution in [0.25, 0.3) is 0 Å². The van der Waals surface area contributed by atoms with E-state index in [4.69, 9.17) is 5.73 Å². The van der Waals surface area contributed by atoms with Gasteiger partial charge in [0.2, 0.25) is 0 Å². The summed E-state index contributed by atoms with van der Waals surface area (Å²) in [7, 11) is 1.99. The lowest BCUT2D eigenvalue weighted by atomic mass is 9.58. The highest BCUT2D eigenvalue weighted by atomic mass is 19.1. The van der Waals surface area contributed by atoms with Gasteiger partial charge in [0.05, 0.1) is 11.2 Å². The lowest BCUT2D eigenvalue weighted by Crippen LogP contribution is -2.60. The maximum absolute atomic E-state index is 14.2. The molecule has 2 rings (SSSR count). The van der Waals surface area contributed by atoms with Gasteiger partial charge in [-0.1, -0.05) is 39.8 Å². The third-order valence-electron chi connectivity index (χ3n) is 4.88. The molecule has 2 N–H and O–H groups in total.